The molecule has 4 heteroatoms. The molecule has 0 bridgehead atoms. The third-order valence-corrected chi connectivity index (χ3v) is 4.03. The Morgan fingerprint density at radius 1 is 0.808 bits per heavy atom. The summed E-state index contributed by atoms with van der Waals surface area (Å²) in [5.41, 5.74) is 1.62. The quantitative estimate of drug-likeness (QED) is 0.635. The van der Waals surface area contributed by atoms with Gasteiger partial charge in [-0.15, -0.1) is 0 Å². The molecule has 0 aromatic heterocycles. The number of anilines is 1. The second-order valence-electron chi connectivity index (χ2n) is 5.77. The fourth-order valence-electron chi connectivity index (χ4n) is 2.60. The number of rotatable bonds is 6. The summed E-state index contributed by atoms with van der Waals surface area (Å²) in [5, 5.41) is 0. The zero-order chi connectivity index (χ0) is 18.4. The van der Waals surface area contributed by atoms with Crippen molar-refractivity contribution in [2.45, 2.75) is 0 Å². The summed E-state index contributed by atoms with van der Waals surface area (Å²) in [5.74, 6) is 0.273. The van der Waals surface area contributed by atoms with Gasteiger partial charge in [-0.3, -0.25) is 9.59 Å². The minimum Gasteiger partial charge on any atom is -0.484 e. The Kier molecular flexibility index (Phi) is 5.44. The van der Waals surface area contributed by atoms with Crippen molar-refractivity contribution in [2.75, 3.05) is 18.6 Å². The molecular formula is C22H19NO3. The van der Waals surface area contributed by atoms with Crippen molar-refractivity contribution in [1.29, 1.82) is 0 Å². The molecule has 0 aliphatic rings. The van der Waals surface area contributed by atoms with E-state index in [0.717, 1.165) is 0 Å². The van der Waals surface area contributed by atoms with Crippen molar-refractivity contribution in [1.82, 2.24) is 0 Å². The molecule has 0 radical (unpaired) electrons. The van der Waals surface area contributed by atoms with Crippen molar-refractivity contribution in [3.63, 3.8) is 0 Å². The molecule has 3 rings (SSSR count). The van der Waals surface area contributed by atoms with Gasteiger partial charge >= 0.3 is 0 Å². The van der Waals surface area contributed by atoms with Gasteiger partial charge in [-0.1, -0.05) is 60.7 Å². The first-order valence-corrected chi connectivity index (χ1v) is 8.30. The van der Waals surface area contributed by atoms with E-state index in [2.05, 4.69) is 0 Å². The van der Waals surface area contributed by atoms with E-state index < -0.39 is 0 Å². The maximum absolute atomic E-state index is 12.8. The molecule has 0 atom stereocenters. The number of carbonyl (C=O) groups is 2. The number of hydrogen-bond donors (Lipinski definition) is 0. The smallest absolute Gasteiger partial charge is 0.264 e. The van der Waals surface area contributed by atoms with Crippen LogP contribution in [0.1, 0.15) is 15.9 Å². The normalized spacial score (nSPS) is 10.2. The van der Waals surface area contributed by atoms with Gasteiger partial charge in [0.15, 0.2) is 12.4 Å². The largest absolute Gasteiger partial charge is 0.484 e. The molecule has 3 aromatic rings. The van der Waals surface area contributed by atoms with Gasteiger partial charge in [0.2, 0.25) is 0 Å². The molecule has 0 saturated heterocycles. The number of likely N-dealkylation sites (N-methyl/N-ethyl adjacent to an activating group) is 1. The van der Waals surface area contributed by atoms with E-state index in [0.29, 0.717) is 22.6 Å². The third-order valence-electron chi connectivity index (χ3n) is 4.03. The third kappa shape index (κ3) is 3.98. The molecule has 0 spiro atoms. The molecule has 0 aliphatic heterocycles. The van der Waals surface area contributed by atoms with Crippen LogP contribution in [0.4, 0.5) is 5.69 Å². The van der Waals surface area contributed by atoms with Gasteiger partial charge in [-0.2, -0.15) is 0 Å². The molecule has 3 aromatic carbocycles. The fourth-order valence-corrected chi connectivity index (χ4v) is 2.60. The standard InChI is InChI=1S/C22H19NO3/c1-23(21(24)16-26-18-12-6-3-7-13-18)20-15-9-8-14-19(20)22(25)17-10-4-2-5-11-17/h2-15H,16H2,1H3. The van der Waals surface area contributed by atoms with E-state index in [1.54, 1.807) is 55.6 Å². The van der Waals surface area contributed by atoms with Crippen molar-refractivity contribution < 1.29 is 14.3 Å². The Morgan fingerprint density at radius 3 is 2.08 bits per heavy atom. The minimum absolute atomic E-state index is 0.103. The zero-order valence-corrected chi connectivity index (χ0v) is 14.5. The first-order valence-electron chi connectivity index (χ1n) is 8.30. The lowest BCUT2D eigenvalue weighted by Gasteiger charge is -2.20. The Balaban J connectivity index is 1.78. The van der Waals surface area contributed by atoms with Gasteiger partial charge < -0.3 is 9.64 Å². The molecular weight excluding hydrogens is 326 g/mol. The lowest BCUT2D eigenvalue weighted by atomic mass is 10.0. The molecule has 0 N–H and O–H groups in total. The van der Waals surface area contributed by atoms with E-state index in [4.69, 9.17) is 4.74 Å². The summed E-state index contributed by atoms with van der Waals surface area (Å²) in [6.45, 7) is -0.103. The molecule has 0 saturated carbocycles. The van der Waals surface area contributed by atoms with Gasteiger partial charge in [0.05, 0.1) is 5.69 Å². The van der Waals surface area contributed by atoms with Gasteiger partial charge in [0.1, 0.15) is 5.75 Å². The average molecular weight is 345 g/mol. The predicted molar refractivity (Wildman–Crippen MR) is 102 cm³/mol. The monoisotopic (exact) mass is 345 g/mol. The highest BCUT2D eigenvalue weighted by atomic mass is 16.5. The highest BCUT2D eigenvalue weighted by molar-refractivity contribution is 6.14. The van der Waals surface area contributed by atoms with Gasteiger partial charge in [0.25, 0.3) is 5.91 Å². The Morgan fingerprint density at radius 2 is 1.38 bits per heavy atom. The van der Waals surface area contributed by atoms with Crippen LogP contribution in [0.15, 0.2) is 84.9 Å². The van der Waals surface area contributed by atoms with E-state index in [1.807, 2.05) is 36.4 Å². The molecule has 0 aliphatic carbocycles. The second-order valence-corrected chi connectivity index (χ2v) is 5.77. The number of carbonyl (C=O) groups excluding carboxylic acids is 2. The van der Waals surface area contributed by atoms with Crippen molar-refractivity contribution in [3.05, 3.63) is 96.1 Å². The van der Waals surface area contributed by atoms with Crippen LogP contribution in [-0.4, -0.2) is 25.3 Å². The first kappa shape index (κ1) is 17.4. The fraction of sp³-hybridized carbons (Fsp3) is 0.0909. The lowest BCUT2D eigenvalue weighted by molar-refractivity contribution is -0.120. The lowest BCUT2D eigenvalue weighted by Crippen LogP contribution is -2.32. The molecule has 130 valence electrons. The molecule has 4 nitrogen and oxygen atoms in total. The van der Waals surface area contributed by atoms with E-state index in [9.17, 15) is 9.59 Å². The molecule has 0 unspecified atom stereocenters. The van der Waals surface area contributed by atoms with Crippen LogP contribution >= 0.6 is 0 Å². The summed E-state index contributed by atoms with van der Waals surface area (Å²) in [6, 6.07) is 25.3. The van der Waals surface area contributed by atoms with Crippen molar-refractivity contribution in [2.24, 2.45) is 0 Å². The summed E-state index contributed by atoms with van der Waals surface area (Å²) in [7, 11) is 1.65. The van der Waals surface area contributed by atoms with Crippen LogP contribution in [0.3, 0.4) is 0 Å². The number of amides is 1. The number of benzene rings is 3. The molecule has 26 heavy (non-hydrogen) atoms. The van der Waals surface area contributed by atoms with E-state index in [1.165, 1.54) is 4.90 Å². The number of nitrogens with zero attached hydrogens (tertiary/aromatic N) is 1. The van der Waals surface area contributed by atoms with Crippen molar-refractivity contribution >= 4 is 17.4 Å². The van der Waals surface area contributed by atoms with Crippen LogP contribution in [0.25, 0.3) is 0 Å². The summed E-state index contributed by atoms with van der Waals surface area (Å²) in [6.07, 6.45) is 0. The zero-order valence-electron chi connectivity index (χ0n) is 14.5. The van der Waals surface area contributed by atoms with Crippen LogP contribution in [0.5, 0.6) is 5.75 Å². The Bertz CT molecular complexity index is 892. The number of ether oxygens (including phenoxy) is 1. The predicted octanol–water partition coefficient (Wildman–Crippen LogP) is 3.96. The number of ketones is 1. The van der Waals surface area contributed by atoms with E-state index >= 15 is 0 Å². The Labute approximate surface area is 152 Å². The van der Waals surface area contributed by atoms with Crippen LogP contribution in [0.2, 0.25) is 0 Å². The maximum Gasteiger partial charge on any atom is 0.264 e. The van der Waals surface area contributed by atoms with E-state index in [-0.39, 0.29) is 18.3 Å². The minimum atomic E-state index is -0.234. The highest BCUT2D eigenvalue weighted by Gasteiger charge is 2.19. The molecule has 0 fully saturated rings. The summed E-state index contributed by atoms with van der Waals surface area (Å²) < 4.78 is 5.52. The topological polar surface area (TPSA) is 46.6 Å². The van der Waals surface area contributed by atoms with Gasteiger partial charge in [0, 0.05) is 18.2 Å². The van der Waals surface area contributed by atoms with Crippen LogP contribution in [-0.2, 0) is 4.79 Å². The van der Waals surface area contributed by atoms with Crippen LogP contribution in [0, 0.1) is 0 Å². The van der Waals surface area contributed by atoms with Gasteiger partial charge in [-0.05, 0) is 24.3 Å². The SMILES string of the molecule is CN(C(=O)COc1ccccc1)c1ccccc1C(=O)c1ccccc1. The highest BCUT2D eigenvalue weighted by Crippen LogP contribution is 2.23. The summed E-state index contributed by atoms with van der Waals surface area (Å²) >= 11 is 0. The number of hydrogen-bond acceptors (Lipinski definition) is 3. The summed E-state index contributed by atoms with van der Waals surface area (Å²) in [4.78, 5) is 26.8. The number of para-hydroxylation sites is 2. The maximum atomic E-state index is 12.8. The average Bonchev–Trinajstić information content (AvgIpc) is 2.72. The van der Waals surface area contributed by atoms with Crippen molar-refractivity contribution in [3.8, 4) is 5.75 Å². The molecule has 1 amide bonds. The molecule has 0 heterocycles. The first-order chi connectivity index (χ1) is 12.7. The van der Waals surface area contributed by atoms with Crippen LogP contribution < -0.4 is 9.64 Å². The Hall–Kier alpha value is -3.40. The second kappa shape index (κ2) is 8.12. The van der Waals surface area contributed by atoms with Gasteiger partial charge in [-0.25, -0.2) is 0 Å².